The van der Waals surface area contributed by atoms with Crippen molar-refractivity contribution in [3.8, 4) is 0 Å². The van der Waals surface area contributed by atoms with Crippen molar-refractivity contribution in [3.05, 3.63) is 0 Å². The lowest BCUT2D eigenvalue weighted by Crippen LogP contribution is -2.36. The van der Waals surface area contributed by atoms with Crippen LogP contribution in [0.1, 0.15) is 117 Å². The first-order valence-electron chi connectivity index (χ1n) is 11.9. The maximum absolute atomic E-state index is 12.2. The number of likely N-dealkylation sites (N-methyl/N-ethyl adjacent to an activating group) is 1. The fourth-order valence-corrected chi connectivity index (χ4v) is 4.91. The van der Waals surface area contributed by atoms with Gasteiger partial charge < -0.3 is 20.4 Å². The highest BCUT2D eigenvalue weighted by molar-refractivity contribution is 7.53. The summed E-state index contributed by atoms with van der Waals surface area (Å²) in [6.45, 7) is 3.46. The molecular formula is C22H48NO5P. The van der Waals surface area contributed by atoms with Crippen LogP contribution < -0.4 is 5.32 Å². The lowest BCUT2D eigenvalue weighted by molar-refractivity contribution is -0.151. The molecule has 0 saturated heterocycles. The summed E-state index contributed by atoms with van der Waals surface area (Å²) in [6.07, 6.45) is 18.1. The van der Waals surface area contributed by atoms with Gasteiger partial charge in [-0.15, -0.1) is 0 Å². The molecule has 0 radical (unpaired) electrons. The summed E-state index contributed by atoms with van der Waals surface area (Å²) >= 11 is 0. The fourth-order valence-electron chi connectivity index (χ4n) is 3.55. The predicted octanol–water partition coefficient (Wildman–Crippen LogP) is 5.70. The molecule has 0 amide bonds. The van der Waals surface area contributed by atoms with E-state index in [0.717, 1.165) is 19.3 Å². The van der Waals surface area contributed by atoms with Crippen molar-refractivity contribution in [1.82, 2.24) is 5.32 Å². The van der Waals surface area contributed by atoms with Crippen LogP contribution in [0.2, 0.25) is 0 Å². The summed E-state index contributed by atoms with van der Waals surface area (Å²) < 4.78 is 17.4. The maximum atomic E-state index is 12.2. The molecule has 0 aliphatic heterocycles. The summed E-state index contributed by atoms with van der Waals surface area (Å²) in [5.41, 5.74) is 0. The van der Waals surface area contributed by atoms with Crippen LogP contribution in [0.4, 0.5) is 0 Å². The lowest BCUT2D eigenvalue weighted by Gasteiger charge is -2.31. The molecule has 0 bridgehead atoms. The van der Waals surface area contributed by atoms with Gasteiger partial charge in [-0.25, -0.2) is 0 Å². The molecule has 0 aliphatic carbocycles. The molecule has 0 saturated carbocycles. The van der Waals surface area contributed by atoms with Gasteiger partial charge in [-0.05, 0) is 19.9 Å². The number of hydrogen-bond donors (Lipinski definition) is 4. The highest BCUT2D eigenvalue weighted by Gasteiger charge is 2.39. The number of nitrogens with one attached hydrogen (secondary N) is 1. The Kier molecular flexibility index (Phi) is 17.7. The average molecular weight is 438 g/mol. The van der Waals surface area contributed by atoms with Crippen molar-refractivity contribution in [2.75, 3.05) is 13.7 Å². The van der Waals surface area contributed by atoms with Gasteiger partial charge in [0.15, 0.2) is 5.79 Å². The normalized spacial score (nSPS) is 17.0. The van der Waals surface area contributed by atoms with Crippen LogP contribution in [0.25, 0.3) is 0 Å². The molecule has 4 N–H and O–H groups in total. The monoisotopic (exact) mass is 437 g/mol. The van der Waals surface area contributed by atoms with Gasteiger partial charge in [0, 0.05) is 6.42 Å². The zero-order chi connectivity index (χ0) is 22.0. The van der Waals surface area contributed by atoms with Crippen LogP contribution in [-0.2, 0) is 9.09 Å². The van der Waals surface area contributed by atoms with Crippen molar-refractivity contribution in [2.24, 2.45) is 0 Å². The van der Waals surface area contributed by atoms with Gasteiger partial charge in [0.05, 0.1) is 6.61 Å². The Hall–Kier alpha value is 0.0300. The van der Waals surface area contributed by atoms with E-state index >= 15 is 0 Å². The van der Waals surface area contributed by atoms with E-state index in [0.29, 0.717) is 6.42 Å². The van der Waals surface area contributed by atoms with Crippen LogP contribution in [0, 0.1) is 0 Å². The SMILES string of the molecule is CCCCCCCCCCCCCCCCC(O)(CC)OP(=O)(O)C(CO)NC. The second-order valence-electron chi connectivity index (χ2n) is 8.29. The van der Waals surface area contributed by atoms with E-state index in [9.17, 15) is 19.7 Å². The molecule has 0 heterocycles. The summed E-state index contributed by atoms with van der Waals surface area (Å²) in [5, 5.41) is 22.3. The Morgan fingerprint density at radius 2 is 1.28 bits per heavy atom. The molecule has 0 aromatic heterocycles. The first-order chi connectivity index (χ1) is 13.8. The first-order valence-corrected chi connectivity index (χ1v) is 13.5. The highest BCUT2D eigenvalue weighted by atomic mass is 31.2. The molecular weight excluding hydrogens is 389 g/mol. The molecule has 176 valence electrons. The smallest absolute Gasteiger partial charge is 0.349 e. The third kappa shape index (κ3) is 14.6. The lowest BCUT2D eigenvalue weighted by atomic mass is 10.0. The quantitative estimate of drug-likeness (QED) is 0.104. The third-order valence-electron chi connectivity index (χ3n) is 5.67. The molecule has 3 atom stereocenters. The van der Waals surface area contributed by atoms with Gasteiger partial charge >= 0.3 is 7.60 Å². The van der Waals surface area contributed by atoms with Crippen molar-refractivity contribution in [2.45, 2.75) is 128 Å². The molecule has 29 heavy (non-hydrogen) atoms. The number of hydrogen-bond acceptors (Lipinski definition) is 5. The van der Waals surface area contributed by atoms with E-state index in [2.05, 4.69) is 12.2 Å². The standard InChI is InChI=1S/C22H48NO5P/c1-4-6-7-8-9-10-11-12-13-14-15-16-17-18-19-22(25,5-2)28-29(26,27)21(20-24)23-3/h21,23-25H,4-20H2,1-3H3,(H,26,27). The number of aliphatic hydroxyl groups excluding tert-OH is 1. The van der Waals surface area contributed by atoms with E-state index in [1.165, 1.54) is 77.7 Å². The highest BCUT2D eigenvalue weighted by Crippen LogP contribution is 2.50. The molecule has 0 fully saturated rings. The fraction of sp³-hybridized carbons (Fsp3) is 1.00. The Morgan fingerprint density at radius 1 is 0.862 bits per heavy atom. The molecule has 0 spiro atoms. The Bertz CT molecular complexity index is 420. The molecule has 7 heteroatoms. The van der Waals surface area contributed by atoms with Gasteiger partial charge in [0.1, 0.15) is 5.78 Å². The summed E-state index contributed by atoms with van der Waals surface area (Å²) in [4.78, 5) is 10.0. The Morgan fingerprint density at radius 3 is 1.62 bits per heavy atom. The molecule has 3 unspecified atom stereocenters. The largest absolute Gasteiger partial charge is 0.394 e. The predicted molar refractivity (Wildman–Crippen MR) is 121 cm³/mol. The zero-order valence-corrected chi connectivity index (χ0v) is 20.1. The number of rotatable bonds is 21. The van der Waals surface area contributed by atoms with Crippen molar-refractivity contribution < 1.29 is 24.2 Å². The first kappa shape index (κ1) is 29.0. The van der Waals surface area contributed by atoms with Crippen LogP contribution in [-0.4, -0.2) is 40.3 Å². The van der Waals surface area contributed by atoms with E-state index in [1.54, 1.807) is 6.92 Å². The molecule has 0 aromatic carbocycles. The topological polar surface area (TPSA) is 99.0 Å². The summed E-state index contributed by atoms with van der Waals surface area (Å²) in [5.74, 6) is -2.71. The van der Waals surface area contributed by atoms with Crippen LogP contribution in [0.3, 0.4) is 0 Å². The van der Waals surface area contributed by atoms with Crippen LogP contribution in [0.15, 0.2) is 0 Å². The second-order valence-corrected chi connectivity index (χ2v) is 10.2. The van der Waals surface area contributed by atoms with Gasteiger partial charge in [-0.2, -0.15) is 0 Å². The van der Waals surface area contributed by atoms with E-state index in [-0.39, 0.29) is 6.42 Å². The molecule has 6 nitrogen and oxygen atoms in total. The van der Waals surface area contributed by atoms with Gasteiger partial charge in [-0.1, -0.05) is 97.3 Å². The summed E-state index contributed by atoms with van der Waals surface area (Å²) in [6, 6.07) is 0. The van der Waals surface area contributed by atoms with E-state index in [1.807, 2.05) is 0 Å². The van der Waals surface area contributed by atoms with Crippen molar-refractivity contribution in [1.29, 1.82) is 0 Å². The number of aliphatic hydroxyl groups is 2. The summed E-state index contributed by atoms with van der Waals surface area (Å²) in [7, 11) is -2.66. The second kappa shape index (κ2) is 17.7. The van der Waals surface area contributed by atoms with Gasteiger partial charge in [0.2, 0.25) is 0 Å². The Labute approximate surface area is 179 Å². The Balaban J connectivity index is 3.77. The van der Waals surface area contributed by atoms with Gasteiger partial charge in [-0.3, -0.25) is 9.09 Å². The van der Waals surface area contributed by atoms with Crippen molar-refractivity contribution in [3.63, 3.8) is 0 Å². The van der Waals surface area contributed by atoms with Crippen LogP contribution >= 0.6 is 7.60 Å². The van der Waals surface area contributed by atoms with Gasteiger partial charge in [0.25, 0.3) is 0 Å². The van der Waals surface area contributed by atoms with E-state index in [4.69, 9.17) is 4.52 Å². The van der Waals surface area contributed by atoms with E-state index < -0.39 is 25.8 Å². The average Bonchev–Trinajstić information content (AvgIpc) is 2.68. The molecule has 0 aliphatic rings. The van der Waals surface area contributed by atoms with Crippen LogP contribution in [0.5, 0.6) is 0 Å². The molecule has 0 rings (SSSR count). The van der Waals surface area contributed by atoms with Crippen molar-refractivity contribution >= 4 is 7.60 Å². The maximum Gasteiger partial charge on any atom is 0.349 e. The molecule has 0 aromatic rings. The minimum atomic E-state index is -4.14. The number of unbranched alkanes of at least 4 members (excludes halogenated alkanes) is 13. The zero-order valence-electron chi connectivity index (χ0n) is 19.2. The minimum absolute atomic E-state index is 0.234. The minimum Gasteiger partial charge on any atom is -0.394 e. The third-order valence-corrected chi connectivity index (χ3v) is 7.48.